The maximum absolute atomic E-state index is 11.7. The van der Waals surface area contributed by atoms with E-state index in [2.05, 4.69) is 15.3 Å². The molecule has 1 amide bonds. The summed E-state index contributed by atoms with van der Waals surface area (Å²) in [6.45, 7) is 1.11. The molecule has 2 aromatic rings. The summed E-state index contributed by atoms with van der Waals surface area (Å²) in [5.74, 6) is -0.433. The first-order valence-corrected chi connectivity index (χ1v) is 5.14. The van der Waals surface area contributed by atoms with Gasteiger partial charge in [0.25, 0.3) is 5.91 Å². The van der Waals surface area contributed by atoms with Gasteiger partial charge in [-0.05, 0) is 6.07 Å². The van der Waals surface area contributed by atoms with E-state index in [1.54, 1.807) is 12.5 Å². The number of carbonyl (C=O) groups excluding carboxylic acids is 1. The predicted molar refractivity (Wildman–Crippen MR) is 60.5 cm³/mol. The van der Waals surface area contributed by atoms with Crippen molar-refractivity contribution in [3.63, 3.8) is 0 Å². The minimum absolute atomic E-state index is 0.118. The second-order valence-corrected chi connectivity index (χ2v) is 3.45. The van der Waals surface area contributed by atoms with Gasteiger partial charge in [0.1, 0.15) is 5.75 Å². The third-order valence-electron chi connectivity index (χ3n) is 2.26. The van der Waals surface area contributed by atoms with E-state index in [0.717, 1.165) is 0 Å². The van der Waals surface area contributed by atoms with E-state index < -0.39 is 0 Å². The molecule has 0 atom stereocenters. The molecule has 0 fully saturated rings. The topological polar surface area (TPSA) is 80.0 Å². The third kappa shape index (κ3) is 2.81. The molecule has 2 aromatic heterocycles. The molecule has 0 aliphatic carbocycles. The Kier molecular flexibility index (Phi) is 3.34. The van der Waals surface area contributed by atoms with Crippen molar-refractivity contribution in [1.29, 1.82) is 0 Å². The average molecular weight is 232 g/mol. The Morgan fingerprint density at radius 1 is 1.41 bits per heavy atom. The van der Waals surface area contributed by atoms with E-state index in [0.29, 0.717) is 13.1 Å². The Hall–Kier alpha value is -2.37. The van der Waals surface area contributed by atoms with Gasteiger partial charge in [0, 0.05) is 31.7 Å². The minimum Gasteiger partial charge on any atom is -0.505 e. The average Bonchev–Trinajstić information content (AvgIpc) is 2.82. The van der Waals surface area contributed by atoms with Gasteiger partial charge in [-0.25, -0.2) is 4.98 Å². The second kappa shape index (κ2) is 5.11. The highest BCUT2D eigenvalue weighted by Gasteiger charge is 2.09. The fourth-order valence-corrected chi connectivity index (χ4v) is 1.39. The summed E-state index contributed by atoms with van der Waals surface area (Å²) in [7, 11) is 0. The number of nitrogens with zero attached hydrogens (tertiary/aromatic N) is 3. The van der Waals surface area contributed by atoms with Crippen LogP contribution in [0.1, 0.15) is 10.4 Å². The number of hydrogen-bond donors (Lipinski definition) is 2. The molecule has 0 spiro atoms. The van der Waals surface area contributed by atoms with Crippen LogP contribution in [-0.4, -0.2) is 32.1 Å². The van der Waals surface area contributed by atoms with E-state index in [1.165, 1.54) is 18.5 Å². The van der Waals surface area contributed by atoms with Gasteiger partial charge in [0.15, 0.2) is 0 Å². The highest BCUT2D eigenvalue weighted by atomic mass is 16.3. The van der Waals surface area contributed by atoms with Gasteiger partial charge >= 0.3 is 0 Å². The smallest absolute Gasteiger partial charge is 0.255 e. The monoisotopic (exact) mass is 232 g/mol. The zero-order valence-corrected chi connectivity index (χ0v) is 9.08. The molecule has 0 aliphatic heterocycles. The summed E-state index contributed by atoms with van der Waals surface area (Å²) in [5, 5.41) is 12.1. The van der Waals surface area contributed by atoms with E-state index in [-0.39, 0.29) is 17.2 Å². The number of carbonyl (C=O) groups is 1. The van der Waals surface area contributed by atoms with Crippen LogP contribution in [0.5, 0.6) is 5.75 Å². The zero-order chi connectivity index (χ0) is 12.1. The van der Waals surface area contributed by atoms with E-state index in [1.807, 2.05) is 10.8 Å². The molecule has 6 heteroatoms. The fourth-order valence-electron chi connectivity index (χ4n) is 1.39. The van der Waals surface area contributed by atoms with Crippen molar-refractivity contribution in [2.45, 2.75) is 6.54 Å². The molecule has 0 saturated heterocycles. The summed E-state index contributed by atoms with van der Waals surface area (Å²) in [4.78, 5) is 19.3. The standard InChI is InChI=1S/C11H12N4O2/c16-10-7-12-2-1-9(10)11(17)14-4-6-15-5-3-13-8-15/h1-3,5,7-8,16H,4,6H2,(H,14,17). The molecule has 0 aliphatic rings. The molecule has 0 aromatic carbocycles. The van der Waals surface area contributed by atoms with Crippen molar-refractivity contribution in [2.24, 2.45) is 0 Å². The lowest BCUT2D eigenvalue weighted by atomic mass is 10.2. The first-order chi connectivity index (χ1) is 8.27. The van der Waals surface area contributed by atoms with Crippen LogP contribution in [0.3, 0.4) is 0 Å². The van der Waals surface area contributed by atoms with Gasteiger partial charge in [-0.2, -0.15) is 0 Å². The number of amides is 1. The van der Waals surface area contributed by atoms with Crippen LogP contribution in [0.25, 0.3) is 0 Å². The highest BCUT2D eigenvalue weighted by molar-refractivity contribution is 5.96. The number of rotatable bonds is 4. The van der Waals surface area contributed by atoms with Crippen LogP contribution in [0.2, 0.25) is 0 Å². The zero-order valence-electron chi connectivity index (χ0n) is 9.08. The quantitative estimate of drug-likeness (QED) is 0.800. The van der Waals surface area contributed by atoms with Gasteiger partial charge in [-0.3, -0.25) is 9.78 Å². The number of aromatic nitrogens is 3. The van der Waals surface area contributed by atoms with Crippen LogP contribution >= 0.6 is 0 Å². The lowest BCUT2D eigenvalue weighted by molar-refractivity contribution is 0.0949. The van der Waals surface area contributed by atoms with E-state index in [4.69, 9.17) is 0 Å². The Bertz CT molecular complexity index is 496. The van der Waals surface area contributed by atoms with Crippen LogP contribution in [-0.2, 0) is 6.54 Å². The number of pyridine rings is 1. The Morgan fingerprint density at radius 3 is 3.00 bits per heavy atom. The number of aromatic hydroxyl groups is 1. The Balaban J connectivity index is 1.88. The van der Waals surface area contributed by atoms with Crippen LogP contribution < -0.4 is 5.32 Å². The SMILES string of the molecule is O=C(NCCn1ccnc1)c1ccncc1O. The molecule has 0 unspecified atom stereocenters. The maximum atomic E-state index is 11.7. The summed E-state index contributed by atoms with van der Waals surface area (Å²) in [6.07, 6.45) is 7.87. The lowest BCUT2D eigenvalue weighted by Gasteiger charge is -2.06. The molecule has 17 heavy (non-hydrogen) atoms. The molecule has 0 bridgehead atoms. The maximum Gasteiger partial charge on any atom is 0.255 e. The number of hydrogen-bond acceptors (Lipinski definition) is 4. The molecule has 2 heterocycles. The van der Waals surface area contributed by atoms with Gasteiger partial charge in [0.2, 0.25) is 0 Å². The molecular formula is C11H12N4O2. The van der Waals surface area contributed by atoms with Gasteiger partial charge < -0.3 is 15.0 Å². The lowest BCUT2D eigenvalue weighted by Crippen LogP contribution is -2.27. The van der Waals surface area contributed by atoms with Crippen molar-refractivity contribution < 1.29 is 9.90 Å². The van der Waals surface area contributed by atoms with Gasteiger partial charge in [0.05, 0.1) is 18.1 Å². The van der Waals surface area contributed by atoms with E-state index >= 15 is 0 Å². The third-order valence-corrected chi connectivity index (χ3v) is 2.26. The summed E-state index contributed by atoms with van der Waals surface area (Å²) in [5.41, 5.74) is 0.227. The van der Waals surface area contributed by atoms with Crippen molar-refractivity contribution in [1.82, 2.24) is 19.9 Å². The highest BCUT2D eigenvalue weighted by Crippen LogP contribution is 2.12. The Labute approximate surface area is 97.9 Å². The molecule has 2 rings (SSSR count). The van der Waals surface area contributed by atoms with Crippen molar-refractivity contribution >= 4 is 5.91 Å². The Morgan fingerprint density at radius 2 is 2.29 bits per heavy atom. The van der Waals surface area contributed by atoms with Crippen LogP contribution in [0.15, 0.2) is 37.2 Å². The van der Waals surface area contributed by atoms with Gasteiger partial charge in [-0.1, -0.05) is 0 Å². The molecule has 0 saturated carbocycles. The predicted octanol–water partition coefficient (Wildman–Crippen LogP) is 0.414. The second-order valence-electron chi connectivity index (χ2n) is 3.45. The van der Waals surface area contributed by atoms with Crippen LogP contribution in [0, 0.1) is 0 Å². The molecule has 6 nitrogen and oxygen atoms in total. The number of nitrogens with one attached hydrogen (secondary N) is 1. The largest absolute Gasteiger partial charge is 0.505 e. The van der Waals surface area contributed by atoms with Crippen molar-refractivity contribution in [2.75, 3.05) is 6.54 Å². The molecular weight excluding hydrogens is 220 g/mol. The summed E-state index contributed by atoms with van der Waals surface area (Å²) in [6, 6.07) is 1.47. The summed E-state index contributed by atoms with van der Waals surface area (Å²) >= 11 is 0. The van der Waals surface area contributed by atoms with Crippen molar-refractivity contribution in [3.8, 4) is 5.75 Å². The number of imidazole rings is 1. The van der Waals surface area contributed by atoms with Gasteiger partial charge in [-0.15, -0.1) is 0 Å². The normalized spacial score (nSPS) is 10.1. The fraction of sp³-hybridized carbons (Fsp3) is 0.182. The minimum atomic E-state index is -0.315. The summed E-state index contributed by atoms with van der Waals surface area (Å²) < 4.78 is 1.85. The first kappa shape index (κ1) is 11.1. The van der Waals surface area contributed by atoms with E-state index in [9.17, 15) is 9.90 Å². The molecule has 88 valence electrons. The molecule has 0 radical (unpaired) electrons. The van der Waals surface area contributed by atoms with Crippen molar-refractivity contribution in [3.05, 3.63) is 42.7 Å². The van der Waals surface area contributed by atoms with Crippen LogP contribution in [0.4, 0.5) is 0 Å². The molecule has 2 N–H and O–H groups in total. The first-order valence-electron chi connectivity index (χ1n) is 5.14.